The zero-order chi connectivity index (χ0) is 24.8. The van der Waals surface area contributed by atoms with Crippen LogP contribution in [0.5, 0.6) is 0 Å². The molecule has 0 unspecified atom stereocenters. The van der Waals surface area contributed by atoms with Crippen molar-refractivity contribution in [3.05, 3.63) is 0 Å². The van der Waals surface area contributed by atoms with Crippen LogP contribution in [0.25, 0.3) is 0 Å². The standard InChI is InChI=1S/C18H34N6O8/c1-9(25)14(23-13(28)8-21-12(27)7-20)17(30)22-11(5-3-4-6-19)16(29)24-15(10(2)26)18(31)32/h9-11,14-15,25-26H,3-8,19-20H2,1-2H3,(H,21,27)(H,22,30)(H,23,28)(H,24,29)(H,31,32)/t9-,10-,11+,14+,15+/m1/s1. The Morgan fingerprint density at radius 3 is 1.88 bits per heavy atom. The molecule has 11 N–H and O–H groups in total. The Morgan fingerprint density at radius 2 is 1.41 bits per heavy atom. The van der Waals surface area contributed by atoms with E-state index in [2.05, 4.69) is 21.3 Å². The van der Waals surface area contributed by atoms with Crippen molar-refractivity contribution in [3.63, 3.8) is 0 Å². The van der Waals surface area contributed by atoms with Gasteiger partial charge in [0.15, 0.2) is 6.04 Å². The topological polar surface area (TPSA) is 246 Å². The summed E-state index contributed by atoms with van der Waals surface area (Å²) in [5.41, 5.74) is 10.6. The summed E-state index contributed by atoms with van der Waals surface area (Å²) in [5.74, 6) is -4.61. The molecule has 0 radical (unpaired) electrons. The molecule has 0 aliphatic rings. The fourth-order valence-corrected chi connectivity index (χ4v) is 2.55. The first-order valence-electron chi connectivity index (χ1n) is 10.1. The van der Waals surface area contributed by atoms with Crippen LogP contribution in [-0.4, -0.2) is 94.9 Å². The van der Waals surface area contributed by atoms with Gasteiger partial charge in [-0.3, -0.25) is 19.2 Å². The van der Waals surface area contributed by atoms with Crippen LogP contribution in [0.3, 0.4) is 0 Å². The third kappa shape index (κ3) is 11.0. The lowest BCUT2D eigenvalue weighted by atomic mass is 10.1. The highest BCUT2D eigenvalue weighted by Gasteiger charge is 2.32. The number of aliphatic carboxylic acids is 1. The summed E-state index contributed by atoms with van der Waals surface area (Å²) in [4.78, 5) is 59.6. The summed E-state index contributed by atoms with van der Waals surface area (Å²) in [6, 6.07) is -4.28. The van der Waals surface area contributed by atoms with Gasteiger partial charge in [-0.1, -0.05) is 0 Å². The highest BCUT2D eigenvalue weighted by atomic mass is 16.4. The Morgan fingerprint density at radius 1 is 0.812 bits per heavy atom. The summed E-state index contributed by atoms with van der Waals surface area (Å²) < 4.78 is 0. The van der Waals surface area contributed by atoms with Crippen molar-refractivity contribution < 1.29 is 39.3 Å². The molecular formula is C18H34N6O8. The van der Waals surface area contributed by atoms with E-state index in [0.29, 0.717) is 19.4 Å². The molecule has 0 fully saturated rings. The van der Waals surface area contributed by atoms with Crippen molar-refractivity contribution in [3.8, 4) is 0 Å². The van der Waals surface area contributed by atoms with Gasteiger partial charge in [-0.25, -0.2) is 4.79 Å². The molecule has 0 aliphatic heterocycles. The third-order valence-corrected chi connectivity index (χ3v) is 4.34. The summed E-state index contributed by atoms with van der Waals surface area (Å²) in [5, 5.41) is 37.6. The van der Waals surface area contributed by atoms with Gasteiger partial charge in [0.2, 0.25) is 23.6 Å². The molecule has 0 heterocycles. The highest BCUT2D eigenvalue weighted by Crippen LogP contribution is 2.05. The van der Waals surface area contributed by atoms with Crippen LogP contribution in [-0.2, 0) is 24.0 Å². The lowest BCUT2D eigenvalue weighted by Crippen LogP contribution is -2.59. The van der Waals surface area contributed by atoms with Crippen LogP contribution in [0.2, 0.25) is 0 Å². The number of aliphatic hydroxyl groups excluding tert-OH is 2. The van der Waals surface area contributed by atoms with Gasteiger partial charge in [0, 0.05) is 0 Å². The van der Waals surface area contributed by atoms with Gasteiger partial charge in [0.05, 0.1) is 25.3 Å². The van der Waals surface area contributed by atoms with Crippen LogP contribution in [0.15, 0.2) is 0 Å². The Labute approximate surface area is 185 Å². The number of carbonyl (C=O) groups excluding carboxylic acids is 4. The molecule has 0 aromatic rings. The number of unbranched alkanes of at least 4 members (excludes halogenated alkanes) is 1. The largest absolute Gasteiger partial charge is 0.480 e. The third-order valence-electron chi connectivity index (χ3n) is 4.34. The molecule has 14 nitrogen and oxygen atoms in total. The second-order valence-electron chi connectivity index (χ2n) is 7.18. The van der Waals surface area contributed by atoms with E-state index in [1.54, 1.807) is 0 Å². The van der Waals surface area contributed by atoms with E-state index in [9.17, 15) is 34.2 Å². The van der Waals surface area contributed by atoms with Gasteiger partial charge in [-0.2, -0.15) is 0 Å². The molecule has 0 aliphatic carbocycles. The fourth-order valence-electron chi connectivity index (χ4n) is 2.55. The summed E-state index contributed by atoms with van der Waals surface area (Å²) >= 11 is 0. The minimum absolute atomic E-state index is 0.0912. The van der Waals surface area contributed by atoms with E-state index in [1.165, 1.54) is 13.8 Å². The number of nitrogens with one attached hydrogen (secondary N) is 4. The molecule has 0 saturated carbocycles. The van der Waals surface area contributed by atoms with Crippen LogP contribution in [0, 0.1) is 0 Å². The maximum absolute atomic E-state index is 12.7. The number of rotatable bonds is 15. The molecule has 5 atom stereocenters. The number of amides is 4. The summed E-state index contributed by atoms with van der Waals surface area (Å²) in [7, 11) is 0. The smallest absolute Gasteiger partial charge is 0.328 e. The van der Waals surface area contributed by atoms with Crippen LogP contribution in [0.1, 0.15) is 33.1 Å². The van der Waals surface area contributed by atoms with E-state index in [-0.39, 0.29) is 13.0 Å². The van der Waals surface area contributed by atoms with Crippen LogP contribution in [0.4, 0.5) is 0 Å². The minimum atomic E-state index is -1.60. The van der Waals surface area contributed by atoms with Crippen molar-refractivity contribution in [2.45, 2.75) is 63.4 Å². The lowest BCUT2D eigenvalue weighted by Gasteiger charge is -2.26. The number of hydrogen-bond donors (Lipinski definition) is 9. The maximum atomic E-state index is 12.7. The zero-order valence-electron chi connectivity index (χ0n) is 18.2. The number of carboxylic acids is 1. The molecule has 4 amide bonds. The Balaban J connectivity index is 5.31. The number of carbonyl (C=O) groups is 5. The quantitative estimate of drug-likeness (QED) is 0.105. The lowest BCUT2D eigenvalue weighted by molar-refractivity contribution is -0.145. The molecule has 0 aromatic heterocycles. The number of aliphatic hydroxyl groups is 2. The number of hydrogen-bond acceptors (Lipinski definition) is 9. The first kappa shape index (κ1) is 29.2. The molecule has 0 saturated heterocycles. The van der Waals surface area contributed by atoms with Gasteiger partial charge >= 0.3 is 5.97 Å². The van der Waals surface area contributed by atoms with Crippen LogP contribution >= 0.6 is 0 Å². The summed E-state index contributed by atoms with van der Waals surface area (Å²) in [6.45, 7) is 1.93. The molecule has 0 rings (SSSR count). The first-order chi connectivity index (χ1) is 14.9. The molecule has 0 spiro atoms. The number of carboxylic acid groups (broad SMARTS) is 1. The molecule has 32 heavy (non-hydrogen) atoms. The van der Waals surface area contributed by atoms with E-state index in [4.69, 9.17) is 16.6 Å². The van der Waals surface area contributed by atoms with E-state index in [1.807, 2.05) is 0 Å². The minimum Gasteiger partial charge on any atom is -0.480 e. The van der Waals surface area contributed by atoms with Gasteiger partial charge < -0.3 is 48.1 Å². The van der Waals surface area contributed by atoms with Crippen molar-refractivity contribution in [1.82, 2.24) is 21.3 Å². The van der Waals surface area contributed by atoms with E-state index in [0.717, 1.165) is 0 Å². The summed E-state index contributed by atoms with van der Waals surface area (Å²) in [6.07, 6.45) is -1.73. The Bertz CT molecular complexity index is 657. The second-order valence-corrected chi connectivity index (χ2v) is 7.18. The number of nitrogens with two attached hydrogens (primary N) is 2. The molecule has 184 valence electrons. The normalized spacial score (nSPS) is 15.4. The average Bonchev–Trinajstić information content (AvgIpc) is 2.72. The predicted molar refractivity (Wildman–Crippen MR) is 112 cm³/mol. The zero-order valence-corrected chi connectivity index (χ0v) is 18.2. The van der Waals surface area contributed by atoms with Gasteiger partial charge in [0.25, 0.3) is 0 Å². The van der Waals surface area contributed by atoms with Crippen LogP contribution < -0.4 is 32.7 Å². The molecular weight excluding hydrogens is 428 g/mol. The van der Waals surface area contributed by atoms with Gasteiger partial charge in [-0.05, 0) is 39.7 Å². The Kier molecular flexibility index (Phi) is 13.7. The van der Waals surface area contributed by atoms with E-state index < -0.39 is 66.5 Å². The first-order valence-corrected chi connectivity index (χ1v) is 10.1. The average molecular weight is 463 g/mol. The second kappa shape index (κ2) is 15.1. The molecule has 0 aromatic carbocycles. The fraction of sp³-hybridized carbons (Fsp3) is 0.722. The van der Waals surface area contributed by atoms with Crippen molar-refractivity contribution in [1.29, 1.82) is 0 Å². The van der Waals surface area contributed by atoms with Gasteiger partial charge in [0.1, 0.15) is 12.1 Å². The van der Waals surface area contributed by atoms with E-state index >= 15 is 0 Å². The molecule has 14 heteroatoms. The highest BCUT2D eigenvalue weighted by molar-refractivity contribution is 5.94. The SMILES string of the molecule is C[C@@H](O)[C@H](NC(=O)[C@H](CCCCN)NC(=O)[C@@H](NC(=O)CNC(=O)CN)[C@@H](C)O)C(=O)O. The molecule has 0 bridgehead atoms. The van der Waals surface area contributed by atoms with Crippen molar-refractivity contribution in [2.24, 2.45) is 11.5 Å². The van der Waals surface area contributed by atoms with Crippen molar-refractivity contribution in [2.75, 3.05) is 19.6 Å². The van der Waals surface area contributed by atoms with Crippen molar-refractivity contribution >= 4 is 29.6 Å². The van der Waals surface area contributed by atoms with Gasteiger partial charge in [-0.15, -0.1) is 0 Å². The monoisotopic (exact) mass is 462 g/mol. The predicted octanol–water partition coefficient (Wildman–Crippen LogP) is -4.51. The maximum Gasteiger partial charge on any atom is 0.328 e. The Hall–Kier alpha value is -2.81.